The molecule has 1 aliphatic carbocycles. The van der Waals surface area contributed by atoms with E-state index in [4.69, 9.17) is 5.11 Å². The van der Waals surface area contributed by atoms with Crippen LogP contribution in [0.4, 0.5) is 0 Å². The van der Waals surface area contributed by atoms with Crippen LogP contribution < -0.4 is 0 Å². The van der Waals surface area contributed by atoms with Gasteiger partial charge in [0.15, 0.2) is 0 Å². The first-order valence-electron chi connectivity index (χ1n) is 7.57. The fraction of sp³-hybridized carbons (Fsp3) is 0.412. The van der Waals surface area contributed by atoms with E-state index < -0.39 is 11.9 Å². The highest BCUT2D eigenvalue weighted by atomic mass is 16.4. The highest BCUT2D eigenvalue weighted by Crippen LogP contribution is 2.30. The zero-order valence-electron chi connectivity index (χ0n) is 12.8. The van der Waals surface area contributed by atoms with E-state index >= 15 is 0 Å². The number of carboxylic acids is 1. The van der Waals surface area contributed by atoms with Gasteiger partial charge in [0.1, 0.15) is 5.69 Å². The van der Waals surface area contributed by atoms with E-state index in [2.05, 4.69) is 0 Å². The van der Waals surface area contributed by atoms with Gasteiger partial charge >= 0.3 is 5.97 Å². The van der Waals surface area contributed by atoms with Gasteiger partial charge in [0, 0.05) is 30.5 Å². The highest BCUT2D eigenvalue weighted by molar-refractivity contribution is 5.99. The molecule has 0 spiro atoms. The molecule has 1 amide bonds. The molecule has 116 valence electrons. The number of para-hydroxylation sites is 1. The molecule has 2 aromatic rings. The first-order valence-corrected chi connectivity index (χ1v) is 7.57. The fourth-order valence-electron chi connectivity index (χ4n) is 2.80. The van der Waals surface area contributed by atoms with Gasteiger partial charge in [0.2, 0.25) is 0 Å². The number of fused-ring (bicyclic) bond motifs is 1. The molecule has 0 bridgehead atoms. The van der Waals surface area contributed by atoms with Gasteiger partial charge in [-0.3, -0.25) is 9.59 Å². The predicted octanol–water partition coefficient (Wildman–Crippen LogP) is 2.50. The Morgan fingerprint density at radius 3 is 2.64 bits per heavy atom. The van der Waals surface area contributed by atoms with Gasteiger partial charge in [-0.2, -0.15) is 0 Å². The van der Waals surface area contributed by atoms with Gasteiger partial charge < -0.3 is 14.6 Å². The van der Waals surface area contributed by atoms with Crippen LogP contribution in [-0.4, -0.2) is 39.0 Å². The summed E-state index contributed by atoms with van der Waals surface area (Å²) in [6, 6.07) is 9.93. The number of carbonyl (C=O) groups excluding carboxylic acids is 1. The third-order valence-electron chi connectivity index (χ3n) is 4.31. The average Bonchev–Trinajstić information content (AvgIpc) is 3.28. The summed E-state index contributed by atoms with van der Waals surface area (Å²) >= 11 is 0. The molecule has 1 aromatic carbocycles. The molecule has 1 atom stereocenters. The Labute approximate surface area is 129 Å². The number of carbonyl (C=O) groups is 2. The number of hydrogen-bond donors (Lipinski definition) is 1. The maximum atomic E-state index is 12.9. The second-order valence-electron chi connectivity index (χ2n) is 6.08. The summed E-state index contributed by atoms with van der Waals surface area (Å²) < 4.78 is 1.89. The van der Waals surface area contributed by atoms with Crippen LogP contribution in [0.1, 0.15) is 30.3 Å². The van der Waals surface area contributed by atoms with Crippen LogP contribution in [0.2, 0.25) is 0 Å². The monoisotopic (exact) mass is 300 g/mol. The van der Waals surface area contributed by atoms with Crippen LogP contribution >= 0.6 is 0 Å². The third-order valence-corrected chi connectivity index (χ3v) is 4.31. The lowest BCUT2D eigenvalue weighted by Crippen LogP contribution is -2.39. The van der Waals surface area contributed by atoms with Crippen LogP contribution in [0, 0.1) is 5.92 Å². The van der Waals surface area contributed by atoms with Gasteiger partial charge in [-0.1, -0.05) is 25.1 Å². The number of benzene rings is 1. The number of carboxylic acid groups (broad SMARTS) is 1. The Bertz CT molecular complexity index is 731. The Morgan fingerprint density at radius 2 is 2.05 bits per heavy atom. The lowest BCUT2D eigenvalue weighted by molar-refractivity contribution is -0.141. The number of rotatable bonds is 5. The van der Waals surface area contributed by atoms with Crippen molar-refractivity contribution < 1.29 is 14.7 Å². The van der Waals surface area contributed by atoms with Crippen LogP contribution in [-0.2, 0) is 11.8 Å². The van der Waals surface area contributed by atoms with Gasteiger partial charge in [0.25, 0.3) is 5.91 Å². The van der Waals surface area contributed by atoms with E-state index in [0.29, 0.717) is 5.69 Å². The van der Waals surface area contributed by atoms with Gasteiger partial charge in [-0.25, -0.2) is 0 Å². The van der Waals surface area contributed by atoms with Crippen molar-refractivity contribution in [3.05, 3.63) is 36.0 Å². The standard InChI is InChI=1S/C17H20N2O3/c1-11(17(21)22)10-19(13-7-8-13)16(20)15-9-12-5-3-4-6-14(12)18(15)2/h3-6,9,11,13H,7-8,10H2,1-2H3,(H,21,22). The smallest absolute Gasteiger partial charge is 0.308 e. The second-order valence-corrected chi connectivity index (χ2v) is 6.08. The summed E-state index contributed by atoms with van der Waals surface area (Å²) in [6.07, 6.45) is 1.92. The van der Waals surface area contributed by atoms with Crippen LogP contribution in [0.3, 0.4) is 0 Å². The SMILES string of the molecule is CC(CN(C(=O)c1cc2ccccc2n1C)C1CC1)C(=O)O. The van der Waals surface area contributed by atoms with Gasteiger partial charge in [-0.05, 0) is 25.0 Å². The van der Waals surface area contributed by atoms with Gasteiger partial charge in [0.05, 0.1) is 5.92 Å². The number of amides is 1. The lowest BCUT2D eigenvalue weighted by atomic mass is 10.1. The normalized spacial score (nSPS) is 15.7. The number of nitrogens with zero attached hydrogens (tertiary/aromatic N) is 2. The van der Waals surface area contributed by atoms with Crippen molar-refractivity contribution in [3.8, 4) is 0 Å². The van der Waals surface area contributed by atoms with E-state index in [9.17, 15) is 9.59 Å². The van der Waals surface area contributed by atoms with E-state index in [0.717, 1.165) is 23.7 Å². The number of aromatic nitrogens is 1. The van der Waals surface area contributed by atoms with Crippen molar-refractivity contribution in [1.82, 2.24) is 9.47 Å². The summed E-state index contributed by atoms with van der Waals surface area (Å²) in [5.74, 6) is -1.50. The number of hydrogen-bond acceptors (Lipinski definition) is 2. The van der Waals surface area contributed by atoms with Crippen LogP contribution in [0.15, 0.2) is 30.3 Å². The Morgan fingerprint density at radius 1 is 1.36 bits per heavy atom. The van der Waals surface area contributed by atoms with Crippen molar-refractivity contribution in [2.75, 3.05) is 6.54 Å². The quantitative estimate of drug-likeness (QED) is 0.923. The Kier molecular flexibility index (Phi) is 3.64. The number of aryl methyl sites for hydroxylation is 1. The molecule has 0 radical (unpaired) electrons. The number of aliphatic carboxylic acids is 1. The maximum Gasteiger partial charge on any atom is 0.308 e. The topological polar surface area (TPSA) is 62.5 Å². The van der Waals surface area contributed by atoms with Crippen molar-refractivity contribution in [1.29, 1.82) is 0 Å². The second kappa shape index (κ2) is 5.48. The molecule has 1 fully saturated rings. The molecule has 22 heavy (non-hydrogen) atoms. The van der Waals surface area contributed by atoms with E-state index in [1.54, 1.807) is 11.8 Å². The van der Waals surface area contributed by atoms with E-state index in [1.165, 1.54) is 0 Å². The van der Waals surface area contributed by atoms with E-state index in [-0.39, 0.29) is 18.5 Å². The molecular weight excluding hydrogens is 280 g/mol. The van der Waals surface area contributed by atoms with Crippen molar-refractivity contribution in [2.45, 2.75) is 25.8 Å². The Hall–Kier alpha value is -2.30. The molecule has 0 aliphatic heterocycles. The fourth-order valence-corrected chi connectivity index (χ4v) is 2.80. The van der Waals surface area contributed by atoms with Crippen molar-refractivity contribution in [2.24, 2.45) is 13.0 Å². The summed E-state index contributed by atoms with van der Waals surface area (Å²) in [7, 11) is 1.88. The zero-order chi connectivity index (χ0) is 15.9. The molecule has 1 heterocycles. The summed E-state index contributed by atoms with van der Waals surface area (Å²) in [5, 5.41) is 10.1. The third kappa shape index (κ3) is 2.58. The van der Waals surface area contributed by atoms with Crippen LogP contribution in [0.5, 0.6) is 0 Å². The molecule has 1 aliphatic rings. The summed E-state index contributed by atoms with van der Waals surface area (Å²) in [6.45, 7) is 1.91. The molecule has 1 N–H and O–H groups in total. The van der Waals surface area contributed by atoms with Crippen molar-refractivity contribution in [3.63, 3.8) is 0 Å². The molecule has 5 heteroatoms. The molecule has 1 aromatic heterocycles. The average molecular weight is 300 g/mol. The van der Waals surface area contributed by atoms with E-state index in [1.807, 2.05) is 41.9 Å². The molecule has 3 rings (SSSR count). The molecule has 0 saturated heterocycles. The zero-order valence-corrected chi connectivity index (χ0v) is 12.8. The first kappa shape index (κ1) is 14.6. The largest absolute Gasteiger partial charge is 0.481 e. The Balaban J connectivity index is 1.92. The molecule has 1 saturated carbocycles. The maximum absolute atomic E-state index is 12.9. The molecule has 1 unspecified atom stereocenters. The minimum Gasteiger partial charge on any atom is -0.481 e. The highest BCUT2D eigenvalue weighted by Gasteiger charge is 2.35. The van der Waals surface area contributed by atoms with Crippen LogP contribution in [0.25, 0.3) is 10.9 Å². The summed E-state index contributed by atoms with van der Waals surface area (Å²) in [4.78, 5) is 25.7. The molecule has 5 nitrogen and oxygen atoms in total. The molecular formula is C17H20N2O3. The first-order chi connectivity index (χ1) is 10.5. The minimum atomic E-state index is -0.865. The summed E-state index contributed by atoms with van der Waals surface area (Å²) in [5.41, 5.74) is 1.62. The lowest BCUT2D eigenvalue weighted by Gasteiger charge is -2.24. The minimum absolute atomic E-state index is 0.0747. The predicted molar refractivity (Wildman–Crippen MR) is 83.8 cm³/mol. The van der Waals surface area contributed by atoms with Gasteiger partial charge in [-0.15, -0.1) is 0 Å². The van der Waals surface area contributed by atoms with Crippen molar-refractivity contribution >= 4 is 22.8 Å².